The minimum atomic E-state index is 0.771. The fourth-order valence-corrected chi connectivity index (χ4v) is 3.01. The van der Waals surface area contributed by atoms with Gasteiger partial charge in [-0.2, -0.15) is 0 Å². The maximum atomic E-state index is 4.29. The molecular formula is C17H23N3. The second-order valence-electron chi connectivity index (χ2n) is 6.12. The van der Waals surface area contributed by atoms with Crippen molar-refractivity contribution in [3.05, 3.63) is 53.1 Å². The first-order chi connectivity index (χ1) is 9.61. The van der Waals surface area contributed by atoms with E-state index in [9.17, 15) is 0 Å². The third-order valence-electron chi connectivity index (χ3n) is 4.31. The molecule has 0 atom stereocenters. The average Bonchev–Trinajstić information content (AvgIpc) is 2.76. The van der Waals surface area contributed by atoms with Crippen LogP contribution in [0.2, 0.25) is 0 Å². The normalized spacial score (nSPS) is 16.4. The quantitative estimate of drug-likeness (QED) is 0.851. The summed E-state index contributed by atoms with van der Waals surface area (Å²) in [5.74, 6) is 1.89. The molecule has 0 saturated carbocycles. The first kappa shape index (κ1) is 13.4. The number of imidazole rings is 1. The molecule has 0 radical (unpaired) electrons. The molecule has 3 heteroatoms. The molecule has 2 heterocycles. The third-order valence-corrected chi connectivity index (χ3v) is 4.31. The number of hydrogen-bond donors (Lipinski definition) is 0. The predicted molar refractivity (Wildman–Crippen MR) is 81.6 cm³/mol. The van der Waals surface area contributed by atoms with E-state index >= 15 is 0 Å². The molecule has 1 aromatic heterocycles. The van der Waals surface area contributed by atoms with Crippen molar-refractivity contribution in [2.75, 3.05) is 13.1 Å². The molecule has 3 nitrogen and oxygen atoms in total. The Bertz CT molecular complexity index is 594. The highest BCUT2D eigenvalue weighted by atomic mass is 15.2. The van der Waals surface area contributed by atoms with Gasteiger partial charge in [-0.15, -0.1) is 0 Å². The Morgan fingerprint density at radius 2 is 2.00 bits per heavy atom. The zero-order valence-electron chi connectivity index (χ0n) is 12.6. The topological polar surface area (TPSA) is 21.1 Å². The van der Waals surface area contributed by atoms with E-state index in [0.717, 1.165) is 24.8 Å². The van der Waals surface area contributed by atoms with Crippen LogP contribution in [-0.4, -0.2) is 27.5 Å². The van der Waals surface area contributed by atoms with Crippen molar-refractivity contribution in [3.63, 3.8) is 0 Å². The molecule has 0 amide bonds. The van der Waals surface area contributed by atoms with E-state index in [0.29, 0.717) is 0 Å². The molecule has 2 aromatic rings. The average molecular weight is 269 g/mol. The summed E-state index contributed by atoms with van der Waals surface area (Å²) in [6.07, 6.45) is 3.98. The van der Waals surface area contributed by atoms with Crippen LogP contribution in [0.5, 0.6) is 0 Å². The van der Waals surface area contributed by atoms with Crippen LogP contribution in [0.4, 0.5) is 0 Å². The number of aromatic nitrogens is 2. The fraction of sp³-hybridized carbons (Fsp3) is 0.471. The molecule has 0 spiro atoms. The van der Waals surface area contributed by atoms with E-state index in [1.54, 1.807) is 0 Å². The smallest absolute Gasteiger partial charge is 0.105 e. The zero-order valence-corrected chi connectivity index (χ0v) is 12.6. The number of hydrogen-bond acceptors (Lipinski definition) is 2. The van der Waals surface area contributed by atoms with Gasteiger partial charge in [0.25, 0.3) is 0 Å². The molecule has 0 unspecified atom stereocenters. The lowest BCUT2D eigenvalue weighted by Crippen LogP contribution is -2.47. The SMILES string of the molecule is Cc1ccc(C)c(CN2CC(Cn3ccnc3C)C2)c1. The Morgan fingerprint density at radius 1 is 1.20 bits per heavy atom. The lowest BCUT2D eigenvalue weighted by atomic mass is 9.97. The van der Waals surface area contributed by atoms with E-state index in [-0.39, 0.29) is 0 Å². The molecule has 1 aliphatic heterocycles. The molecule has 1 saturated heterocycles. The molecule has 1 aromatic carbocycles. The Hall–Kier alpha value is -1.61. The number of rotatable bonds is 4. The highest BCUT2D eigenvalue weighted by Crippen LogP contribution is 2.22. The van der Waals surface area contributed by atoms with Gasteiger partial charge in [-0.25, -0.2) is 4.98 Å². The van der Waals surface area contributed by atoms with Crippen molar-refractivity contribution in [1.82, 2.24) is 14.5 Å². The fourth-order valence-electron chi connectivity index (χ4n) is 3.01. The van der Waals surface area contributed by atoms with Crippen LogP contribution in [0.15, 0.2) is 30.6 Å². The molecule has 20 heavy (non-hydrogen) atoms. The summed E-state index contributed by atoms with van der Waals surface area (Å²) in [5.41, 5.74) is 4.24. The van der Waals surface area contributed by atoms with E-state index < -0.39 is 0 Å². The first-order valence-electron chi connectivity index (χ1n) is 7.38. The molecule has 0 bridgehead atoms. The molecule has 3 rings (SSSR count). The van der Waals surface area contributed by atoms with Gasteiger partial charge in [0.1, 0.15) is 5.82 Å². The van der Waals surface area contributed by atoms with Gasteiger partial charge in [0.15, 0.2) is 0 Å². The van der Waals surface area contributed by atoms with Crippen molar-refractivity contribution in [3.8, 4) is 0 Å². The largest absolute Gasteiger partial charge is 0.335 e. The van der Waals surface area contributed by atoms with Crippen molar-refractivity contribution >= 4 is 0 Å². The van der Waals surface area contributed by atoms with Gasteiger partial charge in [0.2, 0.25) is 0 Å². The molecule has 1 aliphatic rings. The van der Waals surface area contributed by atoms with E-state index in [1.807, 2.05) is 6.20 Å². The van der Waals surface area contributed by atoms with Crippen LogP contribution in [0.25, 0.3) is 0 Å². The summed E-state index contributed by atoms with van der Waals surface area (Å²) in [7, 11) is 0. The highest BCUT2D eigenvalue weighted by molar-refractivity contribution is 5.30. The van der Waals surface area contributed by atoms with Crippen molar-refractivity contribution in [2.45, 2.75) is 33.9 Å². The Balaban J connectivity index is 1.53. The maximum absolute atomic E-state index is 4.29. The standard InChI is InChI=1S/C17H23N3/c1-13-4-5-14(2)17(8-13)12-19-9-16(10-19)11-20-7-6-18-15(20)3/h4-8,16H,9-12H2,1-3H3. The van der Waals surface area contributed by atoms with Crippen molar-refractivity contribution < 1.29 is 0 Å². The van der Waals surface area contributed by atoms with E-state index in [1.165, 1.54) is 29.8 Å². The van der Waals surface area contributed by atoms with Gasteiger partial charge in [0.05, 0.1) is 0 Å². The second-order valence-corrected chi connectivity index (χ2v) is 6.12. The van der Waals surface area contributed by atoms with Gasteiger partial charge in [-0.05, 0) is 31.9 Å². The summed E-state index contributed by atoms with van der Waals surface area (Å²) in [4.78, 5) is 6.83. The van der Waals surface area contributed by atoms with Gasteiger partial charge in [-0.3, -0.25) is 4.90 Å². The number of likely N-dealkylation sites (tertiary alicyclic amines) is 1. The zero-order chi connectivity index (χ0) is 14.1. The van der Waals surface area contributed by atoms with E-state index in [4.69, 9.17) is 0 Å². The molecule has 106 valence electrons. The number of aryl methyl sites for hydroxylation is 3. The predicted octanol–water partition coefficient (Wildman–Crippen LogP) is 2.94. The van der Waals surface area contributed by atoms with Gasteiger partial charge in [-0.1, -0.05) is 23.8 Å². The van der Waals surface area contributed by atoms with Gasteiger partial charge in [0, 0.05) is 44.5 Å². The van der Waals surface area contributed by atoms with Gasteiger partial charge < -0.3 is 4.57 Å². The van der Waals surface area contributed by atoms with Crippen LogP contribution in [0.1, 0.15) is 22.5 Å². The lowest BCUT2D eigenvalue weighted by molar-refractivity contribution is 0.0797. The molecular weight excluding hydrogens is 246 g/mol. The van der Waals surface area contributed by atoms with E-state index in [2.05, 4.69) is 59.6 Å². The van der Waals surface area contributed by atoms with Crippen LogP contribution >= 0.6 is 0 Å². The summed E-state index contributed by atoms with van der Waals surface area (Å²) in [6, 6.07) is 6.75. The molecule has 1 fully saturated rings. The van der Waals surface area contributed by atoms with Crippen molar-refractivity contribution in [1.29, 1.82) is 0 Å². The van der Waals surface area contributed by atoms with Crippen LogP contribution in [-0.2, 0) is 13.1 Å². The minimum Gasteiger partial charge on any atom is -0.335 e. The third kappa shape index (κ3) is 2.78. The van der Waals surface area contributed by atoms with Crippen LogP contribution < -0.4 is 0 Å². The van der Waals surface area contributed by atoms with Crippen LogP contribution in [0, 0.1) is 26.7 Å². The van der Waals surface area contributed by atoms with Gasteiger partial charge >= 0.3 is 0 Å². The number of benzene rings is 1. The Morgan fingerprint density at radius 3 is 2.70 bits per heavy atom. The highest BCUT2D eigenvalue weighted by Gasteiger charge is 2.27. The first-order valence-corrected chi connectivity index (χ1v) is 7.38. The number of nitrogens with zero attached hydrogens (tertiary/aromatic N) is 3. The minimum absolute atomic E-state index is 0.771. The Labute approximate surface area is 121 Å². The Kier molecular flexibility index (Phi) is 3.62. The summed E-state index contributed by atoms with van der Waals surface area (Å²) in [5, 5.41) is 0. The monoisotopic (exact) mass is 269 g/mol. The van der Waals surface area contributed by atoms with Crippen molar-refractivity contribution in [2.24, 2.45) is 5.92 Å². The summed E-state index contributed by atoms with van der Waals surface area (Å²) >= 11 is 0. The lowest BCUT2D eigenvalue weighted by Gasteiger charge is -2.40. The van der Waals surface area contributed by atoms with Crippen LogP contribution in [0.3, 0.4) is 0 Å². The maximum Gasteiger partial charge on any atom is 0.105 e. The summed E-state index contributed by atoms with van der Waals surface area (Å²) in [6.45, 7) is 11.1. The second kappa shape index (κ2) is 5.41. The summed E-state index contributed by atoms with van der Waals surface area (Å²) < 4.78 is 2.26. The molecule has 0 aliphatic carbocycles. The molecule has 0 N–H and O–H groups in total.